The first-order valence-electron chi connectivity index (χ1n) is 8.87. The Morgan fingerprint density at radius 2 is 1.67 bits per heavy atom. The molecular weight excluding hydrogens is 356 g/mol. The van der Waals surface area contributed by atoms with Gasteiger partial charge in [0.1, 0.15) is 0 Å². The predicted octanol–water partition coefficient (Wildman–Crippen LogP) is 4.41. The molecule has 0 bridgehead atoms. The molecule has 6 heteroatoms. The zero-order valence-electron chi connectivity index (χ0n) is 15.6. The summed E-state index contributed by atoms with van der Waals surface area (Å²) in [4.78, 5) is 21.3. The van der Waals surface area contributed by atoms with Crippen LogP contribution in [0.25, 0.3) is 11.3 Å². The number of urea groups is 1. The normalized spacial score (nSPS) is 10.8. The summed E-state index contributed by atoms with van der Waals surface area (Å²) in [5.74, 6) is 0. The van der Waals surface area contributed by atoms with Gasteiger partial charge in [0.25, 0.3) is 0 Å². The molecule has 140 valence electrons. The lowest BCUT2D eigenvalue weighted by Gasteiger charge is -2.24. The Bertz CT molecular complexity index is 849. The average molecular weight is 381 g/mol. The highest BCUT2D eigenvalue weighted by Crippen LogP contribution is 2.24. The lowest BCUT2D eigenvalue weighted by molar-refractivity contribution is 0.202. The van der Waals surface area contributed by atoms with Gasteiger partial charge in [-0.15, -0.1) is 11.3 Å². The van der Waals surface area contributed by atoms with Gasteiger partial charge in [-0.05, 0) is 19.7 Å². The summed E-state index contributed by atoms with van der Waals surface area (Å²) in [5.41, 5.74) is 3.03. The molecule has 0 aliphatic heterocycles. The van der Waals surface area contributed by atoms with Crippen molar-refractivity contribution in [3.63, 3.8) is 0 Å². The summed E-state index contributed by atoms with van der Waals surface area (Å²) in [5, 5.41) is 5.53. The molecule has 0 atom stereocenters. The topological polar surface area (TPSA) is 48.5 Å². The van der Waals surface area contributed by atoms with Gasteiger partial charge in [-0.3, -0.25) is 5.32 Å². The summed E-state index contributed by atoms with van der Waals surface area (Å²) >= 11 is 1.44. The van der Waals surface area contributed by atoms with E-state index in [0.717, 1.165) is 23.4 Å². The highest BCUT2D eigenvalue weighted by Gasteiger charge is 2.16. The van der Waals surface area contributed by atoms with Gasteiger partial charge in [0, 0.05) is 30.6 Å². The monoisotopic (exact) mass is 380 g/mol. The van der Waals surface area contributed by atoms with Crippen LogP contribution in [-0.2, 0) is 6.54 Å². The van der Waals surface area contributed by atoms with E-state index in [1.165, 1.54) is 11.3 Å². The van der Waals surface area contributed by atoms with Crippen LogP contribution >= 0.6 is 11.3 Å². The molecule has 0 unspecified atom stereocenters. The molecule has 1 N–H and O–H groups in total. The van der Waals surface area contributed by atoms with E-state index < -0.39 is 0 Å². The maximum Gasteiger partial charge on any atom is 0.323 e. The van der Waals surface area contributed by atoms with Gasteiger partial charge in [-0.1, -0.05) is 60.7 Å². The molecule has 0 radical (unpaired) electrons. The van der Waals surface area contributed by atoms with Gasteiger partial charge in [0.15, 0.2) is 5.13 Å². The zero-order valence-corrected chi connectivity index (χ0v) is 16.4. The van der Waals surface area contributed by atoms with E-state index in [9.17, 15) is 4.79 Å². The molecule has 0 saturated heterocycles. The number of nitrogens with one attached hydrogen (secondary N) is 1. The summed E-state index contributed by atoms with van der Waals surface area (Å²) in [7, 11) is 4.01. The minimum atomic E-state index is -0.130. The van der Waals surface area contributed by atoms with E-state index in [4.69, 9.17) is 0 Å². The first kappa shape index (κ1) is 19.1. The van der Waals surface area contributed by atoms with E-state index in [1.54, 1.807) is 0 Å². The number of anilines is 1. The van der Waals surface area contributed by atoms with Crippen molar-refractivity contribution in [2.75, 3.05) is 32.5 Å². The second kappa shape index (κ2) is 9.30. The Morgan fingerprint density at radius 3 is 2.33 bits per heavy atom. The predicted molar refractivity (Wildman–Crippen MR) is 112 cm³/mol. The quantitative estimate of drug-likeness (QED) is 0.661. The fourth-order valence-corrected chi connectivity index (χ4v) is 3.33. The number of benzene rings is 2. The molecule has 0 aliphatic rings. The lowest BCUT2D eigenvalue weighted by atomic mass is 10.2. The van der Waals surface area contributed by atoms with Crippen LogP contribution in [0.15, 0.2) is 66.0 Å². The van der Waals surface area contributed by atoms with E-state index >= 15 is 0 Å². The molecule has 2 aromatic carbocycles. The van der Waals surface area contributed by atoms with Crippen molar-refractivity contribution in [2.45, 2.75) is 6.54 Å². The maximum atomic E-state index is 12.8. The lowest BCUT2D eigenvalue weighted by Crippen LogP contribution is -2.39. The van der Waals surface area contributed by atoms with Crippen molar-refractivity contribution >= 4 is 22.5 Å². The van der Waals surface area contributed by atoms with Gasteiger partial charge >= 0.3 is 6.03 Å². The number of likely N-dealkylation sites (N-methyl/N-ethyl adjacent to an activating group) is 1. The number of rotatable bonds is 7. The minimum absolute atomic E-state index is 0.130. The van der Waals surface area contributed by atoms with Gasteiger partial charge in [-0.2, -0.15) is 0 Å². The van der Waals surface area contributed by atoms with Crippen molar-refractivity contribution in [3.05, 3.63) is 71.6 Å². The maximum absolute atomic E-state index is 12.8. The SMILES string of the molecule is CN(C)CCN(Cc1ccccc1)C(=O)Nc1nc(-c2ccccc2)cs1. The Hall–Kier alpha value is -2.70. The third kappa shape index (κ3) is 5.64. The molecular formula is C21H24N4OS. The van der Waals surface area contributed by atoms with Crippen LogP contribution in [-0.4, -0.2) is 48.0 Å². The molecule has 27 heavy (non-hydrogen) atoms. The molecule has 0 aliphatic carbocycles. The molecule has 5 nitrogen and oxygen atoms in total. The van der Waals surface area contributed by atoms with Crippen LogP contribution < -0.4 is 5.32 Å². The summed E-state index contributed by atoms with van der Waals surface area (Å²) in [6.45, 7) is 2.01. The Labute approximate surface area is 164 Å². The molecule has 0 fully saturated rings. The molecule has 0 saturated carbocycles. The van der Waals surface area contributed by atoms with Crippen LogP contribution in [0.5, 0.6) is 0 Å². The Morgan fingerprint density at radius 1 is 1.00 bits per heavy atom. The fourth-order valence-electron chi connectivity index (χ4n) is 2.62. The van der Waals surface area contributed by atoms with E-state index in [1.807, 2.05) is 85.0 Å². The number of thiazole rings is 1. The highest BCUT2D eigenvalue weighted by atomic mass is 32.1. The third-order valence-corrected chi connectivity index (χ3v) is 4.87. The second-order valence-corrected chi connectivity index (χ2v) is 7.40. The number of amides is 2. The number of carbonyl (C=O) groups is 1. The molecule has 2 amide bonds. The second-order valence-electron chi connectivity index (χ2n) is 6.54. The summed E-state index contributed by atoms with van der Waals surface area (Å²) < 4.78 is 0. The number of carbonyl (C=O) groups excluding carboxylic acids is 1. The largest absolute Gasteiger partial charge is 0.323 e. The molecule has 1 aromatic heterocycles. The van der Waals surface area contributed by atoms with Crippen LogP contribution in [0.3, 0.4) is 0 Å². The first-order chi connectivity index (χ1) is 13.1. The van der Waals surface area contributed by atoms with Crippen molar-refractivity contribution in [2.24, 2.45) is 0 Å². The average Bonchev–Trinajstić information content (AvgIpc) is 3.15. The number of hydrogen-bond donors (Lipinski definition) is 1. The van der Waals surface area contributed by atoms with Crippen molar-refractivity contribution < 1.29 is 4.79 Å². The highest BCUT2D eigenvalue weighted by molar-refractivity contribution is 7.14. The first-order valence-corrected chi connectivity index (χ1v) is 9.75. The smallest absolute Gasteiger partial charge is 0.319 e. The molecule has 1 heterocycles. The Balaban J connectivity index is 1.69. The third-order valence-electron chi connectivity index (χ3n) is 4.11. The standard InChI is InChI=1S/C21H24N4OS/c1-24(2)13-14-25(15-17-9-5-3-6-10-17)21(26)23-20-22-19(16-27-20)18-11-7-4-8-12-18/h3-12,16H,13-15H2,1-2H3,(H,22,23,26). The van der Waals surface area contributed by atoms with Gasteiger partial charge < -0.3 is 9.80 Å². The molecule has 0 spiro atoms. The van der Waals surface area contributed by atoms with Crippen molar-refractivity contribution in [3.8, 4) is 11.3 Å². The van der Waals surface area contributed by atoms with Gasteiger partial charge in [-0.25, -0.2) is 9.78 Å². The Kier molecular flexibility index (Phi) is 6.57. The van der Waals surface area contributed by atoms with E-state index in [2.05, 4.69) is 15.2 Å². The van der Waals surface area contributed by atoms with Crippen LogP contribution in [0.4, 0.5) is 9.93 Å². The van der Waals surface area contributed by atoms with Gasteiger partial charge in [0.2, 0.25) is 0 Å². The molecule has 3 rings (SSSR count). The fraction of sp³-hybridized carbons (Fsp3) is 0.238. The number of hydrogen-bond acceptors (Lipinski definition) is 4. The van der Waals surface area contributed by atoms with Crippen LogP contribution in [0.1, 0.15) is 5.56 Å². The minimum Gasteiger partial charge on any atom is -0.319 e. The van der Waals surface area contributed by atoms with E-state index in [-0.39, 0.29) is 6.03 Å². The van der Waals surface area contributed by atoms with Crippen LogP contribution in [0.2, 0.25) is 0 Å². The van der Waals surface area contributed by atoms with Crippen molar-refractivity contribution in [1.29, 1.82) is 0 Å². The van der Waals surface area contributed by atoms with Crippen molar-refractivity contribution in [1.82, 2.24) is 14.8 Å². The summed E-state index contributed by atoms with van der Waals surface area (Å²) in [6, 6.07) is 19.9. The van der Waals surface area contributed by atoms with E-state index in [0.29, 0.717) is 18.2 Å². The summed E-state index contributed by atoms with van der Waals surface area (Å²) in [6.07, 6.45) is 0. The number of nitrogens with zero attached hydrogens (tertiary/aromatic N) is 3. The zero-order chi connectivity index (χ0) is 19.1. The number of aromatic nitrogens is 1. The van der Waals surface area contributed by atoms with Gasteiger partial charge in [0.05, 0.1) is 5.69 Å². The van der Waals surface area contributed by atoms with Crippen LogP contribution in [0, 0.1) is 0 Å². The molecule has 3 aromatic rings.